The second kappa shape index (κ2) is 5.21. The molecule has 0 spiro atoms. The number of hydrogen-bond acceptors (Lipinski definition) is 4. The highest BCUT2D eigenvalue weighted by atomic mass is 32.1. The van der Waals surface area contributed by atoms with E-state index in [4.69, 9.17) is 15.2 Å². The number of rotatable bonds is 3. The topological polar surface area (TPSA) is 44.5 Å². The first-order valence-corrected chi connectivity index (χ1v) is 7.49. The van der Waals surface area contributed by atoms with E-state index in [2.05, 4.69) is 29.6 Å². The highest BCUT2D eigenvalue weighted by Gasteiger charge is 2.40. The van der Waals surface area contributed by atoms with Gasteiger partial charge in [0.25, 0.3) is 0 Å². The van der Waals surface area contributed by atoms with Crippen LogP contribution >= 0.6 is 11.3 Å². The maximum atomic E-state index is 6.57. The van der Waals surface area contributed by atoms with Gasteiger partial charge in [-0.15, -0.1) is 11.3 Å². The van der Waals surface area contributed by atoms with Crippen molar-refractivity contribution in [3.8, 4) is 0 Å². The molecule has 1 unspecified atom stereocenters. The molecule has 3 rings (SSSR count). The molecule has 1 aliphatic rings. The fourth-order valence-corrected chi connectivity index (χ4v) is 3.86. The molecule has 1 aromatic carbocycles. The smallest absolute Gasteiger partial charge is 0.0914 e. The molecule has 2 heterocycles. The standard InChI is InChI=1S/C15H19NO2S/c1-17-15(6-8-18-9-7-15)14(16)12-4-2-3-11-5-10-19-13(11)12/h2-5,10,14H,6-9,16H2,1H3. The Morgan fingerprint density at radius 3 is 2.84 bits per heavy atom. The van der Waals surface area contributed by atoms with E-state index in [1.165, 1.54) is 15.6 Å². The van der Waals surface area contributed by atoms with E-state index in [0.29, 0.717) is 0 Å². The minimum absolute atomic E-state index is 0.108. The highest BCUT2D eigenvalue weighted by Crippen LogP contribution is 2.39. The summed E-state index contributed by atoms with van der Waals surface area (Å²) in [6.07, 6.45) is 1.71. The Kier molecular flexibility index (Phi) is 3.58. The molecular formula is C15H19NO2S. The third-order valence-electron chi connectivity index (χ3n) is 4.16. The van der Waals surface area contributed by atoms with Crippen LogP contribution in [0.3, 0.4) is 0 Å². The van der Waals surface area contributed by atoms with E-state index in [9.17, 15) is 0 Å². The SMILES string of the molecule is COC1(C(N)c2cccc3ccsc23)CCOCC1. The average molecular weight is 277 g/mol. The van der Waals surface area contributed by atoms with Crippen molar-refractivity contribution in [1.29, 1.82) is 0 Å². The maximum Gasteiger partial charge on any atom is 0.0914 e. The van der Waals surface area contributed by atoms with Gasteiger partial charge in [-0.3, -0.25) is 0 Å². The van der Waals surface area contributed by atoms with Gasteiger partial charge >= 0.3 is 0 Å². The molecule has 0 radical (unpaired) electrons. The van der Waals surface area contributed by atoms with Crippen molar-refractivity contribution in [2.75, 3.05) is 20.3 Å². The van der Waals surface area contributed by atoms with E-state index < -0.39 is 0 Å². The van der Waals surface area contributed by atoms with Gasteiger partial charge in [-0.25, -0.2) is 0 Å². The second-order valence-corrected chi connectivity index (χ2v) is 5.96. The molecule has 2 N–H and O–H groups in total. The first kappa shape index (κ1) is 13.1. The largest absolute Gasteiger partial charge is 0.381 e. The number of nitrogens with two attached hydrogens (primary N) is 1. The average Bonchev–Trinajstić information content (AvgIpc) is 2.95. The molecule has 1 fully saturated rings. The molecule has 4 heteroatoms. The van der Waals surface area contributed by atoms with Gasteiger partial charge in [0.15, 0.2) is 0 Å². The van der Waals surface area contributed by atoms with Gasteiger partial charge in [0.1, 0.15) is 0 Å². The summed E-state index contributed by atoms with van der Waals surface area (Å²) in [5.74, 6) is 0. The summed E-state index contributed by atoms with van der Waals surface area (Å²) in [5, 5.41) is 3.38. The van der Waals surface area contributed by atoms with Crippen LogP contribution in [0, 0.1) is 0 Å². The minimum atomic E-state index is -0.295. The molecule has 1 aromatic heterocycles. The fourth-order valence-electron chi connectivity index (χ4n) is 2.90. The van der Waals surface area contributed by atoms with Crippen LogP contribution in [-0.2, 0) is 9.47 Å². The van der Waals surface area contributed by atoms with Crippen molar-refractivity contribution < 1.29 is 9.47 Å². The first-order valence-electron chi connectivity index (χ1n) is 6.61. The molecule has 0 bridgehead atoms. The van der Waals surface area contributed by atoms with Crippen molar-refractivity contribution in [3.05, 3.63) is 35.2 Å². The Morgan fingerprint density at radius 2 is 2.11 bits per heavy atom. The van der Waals surface area contributed by atoms with Crippen molar-refractivity contribution >= 4 is 21.4 Å². The lowest BCUT2D eigenvalue weighted by Gasteiger charge is -2.40. The predicted molar refractivity (Wildman–Crippen MR) is 78.5 cm³/mol. The zero-order valence-corrected chi connectivity index (χ0v) is 11.9. The molecule has 0 amide bonds. The fraction of sp³-hybridized carbons (Fsp3) is 0.467. The zero-order chi connectivity index (χ0) is 13.3. The molecule has 19 heavy (non-hydrogen) atoms. The lowest BCUT2D eigenvalue weighted by Crippen LogP contribution is -2.47. The van der Waals surface area contributed by atoms with Gasteiger partial charge in [0.2, 0.25) is 0 Å². The van der Waals surface area contributed by atoms with Gasteiger partial charge in [-0.2, -0.15) is 0 Å². The molecule has 2 aromatic rings. The van der Waals surface area contributed by atoms with Crippen LogP contribution in [-0.4, -0.2) is 25.9 Å². The summed E-state index contributed by atoms with van der Waals surface area (Å²) in [5.41, 5.74) is 7.46. The molecule has 1 aliphatic heterocycles. The van der Waals surface area contributed by atoms with Gasteiger partial charge in [-0.05, 0) is 22.4 Å². The van der Waals surface area contributed by atoms with Gasteiger partial charge in [0.05, 0.1) is 11.6 Å². The minimum Gasteiger partial charge on any atom is -0.381 e. The summed E-state index contributed by atoms with van der Waals surface area (Å²) in [7, 11) is 1.76. The zero-order valence-electron chi connectivity index (χ0n) is 11.1. The van der Waals surface area contributed by atoms with Crippen molar-refractivity contribution in [2.45, 2.75) is 24.5 Å². The summed E-state index contributed by atoms with van der Waals surface area (Å²) in [6.45, 7) is 1.45. The normalized spacial score (nSPS) is 20.5. The number of hydrogen-bond donors (Lipinski definition) is 1. The number of thiophene rings is 1. The summed E-state index contributed by atoms with van der Waals surface area (Å²) >= 11 is 1.75. The Hall–Kier alpha value is -0.940. The van der Waals surface area contributed by atoms with Crippen LogP contribution in [0.25, 0.3) is 10.1 Å². The lowest BCUT2D eigenvalue weighted by molar-refractivity contribution is -0.104. The van der Waals surface area contributed by atoms with E-state index in [0.717, 1.165) is 26.1 Å². The number of ether oxygens (including phenoxy) is 2. The Balaban J connectivity index is 2.02. The summed E-state index contributed by atoms with van der Waals surface area (Å²) in [4.78, 5) is 0. The number of fused-ring (bicyclic) bond motifs is 1. The van der Waals surface area contributed by atoms with E-state index in [1.807, 2.05) is 0 Å². The number of methoxy groups -OCH3 is 1. The molecule has 0 saturated carbocycles. The maximum absolute atomic E-state index is 6.57. The molecule has 1 atom stereocenters. The monoisotopic (exact) mass is 277 g/mol. The van der Waals surface area contributed by atoms with Crippen molar-refractivity contribution in [1.82, 2.24) is 0 Å². The second-order valence-electron chi connectivity index (χ2n) is 5.05. The quantitative estimate of drug-likeness (QED) is 0.937. The predicted octanol–water partition coefficient (Wildman–Crippen LogP) is 3.10. The van der Waals surface area contributed by atoms with Crippen LogP contribution < -0.4 is 5.73 Å². The lowest BCUT2D eigenvalue weighted by atomic mass is 9.82. The molecular weight excluding hydrogens is 258 g/mol. The van der Waals surface area contributed by atoms with Crippen LogP contribution in [0.4, 0.5) is 0 Å². The Morgan fingerprint density at radius 1 is 1.32 bits per heavy atom. The van der Waals surface area contributed by atoms with Crippen LogP contribution in [0.15, 0.2) is 29.6 Å². The summed E-state index contributed by atoms with van der Waals surface area (Å²) in [6, 6.07) is 8.36. The Bertz CT molecular complexity index is 560. The van der Waals surface area contributed by atoms with E-state index >= 15 is 0 Å². The molecule has 1 saturated heterocycles. The van der Waals surface area contributed by atoms with Crippen molar-refractivity contribution in [3.63, 3.8) is 0 Å². The molecule has 0 aliphatic carbocycles. The summed E-state index contributed by atoms with van der Waals surface area (Å²) < 4.78 is 12.5. The molecule has 3 nitrogen and oxygen atoms in total. The first-order chi connectivity index (χ1) is 9.27. The van der Waals surface area contributed by atoms with E-state index in [1.54, 1.807) is 18.4 Å². The van der Waals surface area contributed by atoms with Crippen LogP contribution in [0.1, 0.15) is 24.4 Å². The van der Waals surface area contributed by atoms with Crippen LogP contribution in [0.5, 0.6) is 0 Å². The molecule has 102 valence electrons. The van der Waals surface area contributed by atoms with E-state index in [-0.39, 0.29) is 11.6 Å². The third-order valence-corrected chi connectivity index (χ3v) is 5.14. The highest BCUT2D eigenvalue weighted by molar-refractivity contribution is 7.17. The van der Waals surface area contributed by atoms with Gasteiger partial charge < -0.3 is 15.2 Å². The third kappa shape index (κ3) is 2.19. The van der Waals surface area contributed by atoms with Crippen molar-refractivity contribution in [2.24, 2.45) is 5.73 Å². The Labute approximate surface area is 117 Å². The van der Waals surface area contributed by atoms with Gasteiger partial charge in [0, 0.05) is 37.9 Å². The van der Waals surface area contributed by atoms with Gasteiger partial charge in [-0.1, -0.05) is 18.2 Å². The number of benzene rings is 1. The van der Waals surface area contributed by atoms with Crippen LogP contribution in [0.2, 0.25) is 0 Å².